The van der Waals surface area contributed by atoms with Gasteiger partial charge in [-0.25, -0.2) is 9.37 Å². The van der Waals surface area contributed by atoms with Crippen molar-refractivity contribution < 1.29 is 9.18 Å². The maximum atomic E-state index is 13.5. The number of carbonyl (C=O) groups excluding carboxylic acids is 1. The normalized spacial score (nSPS) is 14.1. The molecule has 5 heteroatoms. The van der Waals surface area contributed by atoms with Crippen molar-refractivity contribution in [2.45, 2.75) is 0 Å². The number of aromatic nitrogens is 1. The van der Waals surface area contributed by atoms with Crippen molar-refractivity contribution in [1.29, 1.82) is 0 Å². The van der Waals surface area contributed by atoms with Crippen molar-refractivity contribution in [2.75, 3.05) is 31.1 Å². The lowest BCUT2D eigenvalue weighted by atomic mass is 10.0. The van der Waals surface area contributed by atoms with Gasteiger partial charge in [0.2, 0.25) is 0 Å². The number of anilines is 1. The van der Waals surface area contributed by atoms with Crippen molar-refractivity contribution in [1.82, 2.24) is 9.88 Å². The molecular formula is C26H22FN3O. The summed E-state index contributed by atoms with van der Waals surface area (Å²) in [5, 5.41) is 0.869. The summed E-state index contributed by atoms with van der Waals surface area (Å²) >= 11 is 0. The van der Waals surface area contributed by atoms with Crippen LogP contribution in [0.25, 0.3) is 22.2 Å². The minimum absolute atomic E-state index is 0.0227. The molecule has 0 atom stereocenters. The molecule has 0 N–H and O–H groups in total. The Balaban J connectivity index is 1.43. The van der Waals surface area contributed by atoms with Crippen LogP contribution in [-0.4, -0.2) is 42.0 Å². The molecule has 0 spiro atoms. The van der Waals surface area contributed by atoms with E-state index in [4.69, 9.17) is 4.98 Å². The van der Waals surface area contributed by atoms with Crippen molar-refractivity contribution in [3.8, 4) is 11.3 Å². The van der Waals surface area contributed by atoms with Crippen molar-refractivity contribution in [3.05, 3.63) is 96.3 Å². The van der Waals surface area contributed by atoms with E-state index in [-0.39, 0.29) is 11.7 Å². The smallest absolute Gasteiger partial charge is 0.254 e. The van der Waals surface area contributed by atoms with E-state index in [0.717, 1.165) is 27.8 Å². The van der Waals surface area contributed by atoms with E-state index in [2.05, 4.69) is 4.90 Å². The van der Waals surface area contributed by atoms with E-state index >= 15 is 0 Å². The Labute approximate surface area is 180 Å². The van der Waals surface area contributed by atoms with Gasteiger partial charge in [-0.15, -0.1) is 0 Å². The van der Waals surface area contributed by atoms with Crippen LogP contribution < -0.4 is 4.90 Å². The van der Waals surface area contributed by atoms with Gasteiger partial charge in [0.1, 0.15) is 5.82 Å². The van der Waals surface area contributed by atoms with Crippen LogP contribution in [0.2, 0.25) is 0 Å². The molecule has 154 valence electrons. The van der Waals surface area contributed by atoms with E-state index in [1.54, 1.807) is 12.1 Å². The van der Waals surface area contributed by atoms with Gasteiger partial charge >= 0.3 is 0 Å². The molecule has 1 saturated heterocycles. The molecule has 4 nitrogen and oxygen atoms in total. The van der Waals surface area contributed by atoms with Crippen molar-refractivity contribution >= 4 is 22.5 Å². The second-order valence-electron chi connectivity index (χ2n) is 7.69. The summed E-state index contributed by atoms with van der Waals surface area (Å²) in [7, 11) is 0. The summed E-state index contributed by atoms with van der Waals surface area (Å²) in [6.07, 6.45) is 0. The zero-order valence-electron chi connectivity index (χ0n) is 17.0. The summed E-state index contributed by atoms with van der Waals surface area (Å²) in [6.45, 7) is 2.67. The van der Waals surface area contributed by atoms with Gasteiger partial charge in [0.25, 0.3) is 5.91 Å². The Bertz CT molecular complexity index is 1220. The van der Waals surface area contributed by atoms with E-state index in [1.807, 2.05) is 65.6 Å². The first-order chi connectivity index (χ1) is 15.2. The highest BCUT2D eigenvalue weighted by Gasteiger charge is 2.24. The Hall–Kier alpha value is -3.73. The molecule has 31 heavy (non-hydrogen) atoms. The highest BCUT2D eigenvalue weighted by Crippen LogP contribution is 2.26. The Morgan fingerprint density at radius 3 is 2.23 bits per heavy atom. The number of fused-ring (bicyclic) bond motifs is 1. The van der Waals surface area contributed by atoms with Crippen LogP contribution in [-0.2, 0) is 0 Å². The summed E-state index contributed by atoms with van der Waals surface area (Å²) in [6, 6.07) is 26.2. The zero-order chi connectivity index (χ0) is 21.2. The second kappa shape index (κ2) is 8.19. The highest BCUT2D eigenvalue weighted by atomic mass is 19.1. The first kappa shape index (κ1) is 19.2. The fraction of sp³-hybridized carbons (Fsp3) is 0.154. The van der Waals surface area contributed by atoms with Gasteiger partial charge in [-0.1, -0.05) is 48.5 Å². The van der Waals surface area contributed by atoms with Gasteiger partial charge in [0.15, 0.2) is 0 Å². The van der Waals surface area contributed by atoms with Crippen LogP contribution >= 0.6 is 0 Å². The van der Waals surface area contributed by atoms with E-state index in [1.165, 1.54) is 12.1 Å². The topological polar surface area (TPSA) is 36.4 Å². The molecule has 0 radical (unpaired) electrons. The molecule has 2 heterocycles. The standard InChI is InChI=1S/C26H22FN3O/c27-20-10-12-21(13-11-20)29-14-16-30(17-15-29)26(31)23-18-25(19-6-2-1-3-7-19)28-24-9-5-4-8-22(23)24/h1-13,18H,14-17H2. The first-order valence-corrected chi connectivity index (χ1v) is 10.4. The number of halogens is 1. The lowest BCUT2D eigenvalue weighted by Crippen LogP contribution is -2.48. The van der Waals surface area contributed by atoms with Gasteiger partial charge in [0, 0.05) is 42.8 Å². The first-order valence-electron chi connectivity index (χ1n) is 10.4. The van der Waals surface area contributed by atoms with Gasteiger partial charge in [0.05, 0.1) is 16.8 Å². The van der Waals surface area contributed by atoms with Crippen LogP contribution in [0.5, 0.6) is 0 Å². The Kier molecular flexibility index (Phi) is 5.08. The second-order valence-corrected chi connectivity index (χ2v) is 7.69. The molecule has 1 aromatic heterocycles. The van der Waals surface area contributed by atoms with Crippen LogP contribution in [0.4, 0.5) is 10.1 Å². The molecule has 4 aromatic rings. The summed E-state index contributed by atoms with van der Waals surface area (Å²) < 4.78 is 13.2. The highest BCUT2D eigenvalue weighted by molar-refractivity contribution is 6.07. The molecule has 3 aromatic carbocycles. The van der Waals surface area contributed by atoms with Crippen LogP contribution in [0.3, 0.4) is 0 Å². The van der Waals surface area contributed by atoms with Crippen LogP contribution in [0.15, 0.2) is 84.9 Å². The molecular weight excluding hydrogens is 389 g/mol. The zero-order valence-corrected chi connectivity index (χ0v) is 17.0. The number of amides is 1. The number of hydrogen-bond acceptors (Lipinski definition) is 3. The Morgan fingerprint density at radius 1 is 0.806 bits per heavy atom. The fourth-order valence-electron chi connectivity index (χ4n) is 4.10. The number of hydrogen-bond donors (Lipinski definition) is 0. The molecule has 1 fully saturated rings. The number of piperazine rings is 1. The molecule has 0 saturated carbocycles. The molecule has 5 rings (SSSR count). The fourth-order valence-corrected chi connectivity index (χ4v) is 4.10. The predicted molar refractivity (Wildman–Crippen MR) is 122 cm³/mol. The SMILES string of the molecule is O=C(c1cc(-c2ccccc2)nc2ccccc12)N1CCN(c2ccc(F)cc2)CC1. The third kappa shape index (κ3) is 3.87. The third-order valence-corrected chi connectivity index (χ3v) is 5.77. The van der Waals surface area contributed by atoms with E-state index in [0.29, 0.717) is 31.7 Å². The maximum Gasteiger partial charge on any atom is 0.254 e. The Morgan fingerprint density at radius 2 is 1.48 bits per heavy atom. The predicted octanol–water partition coefficient (Wildman–Crippen LogP) is 5.00. The summed E-state index contributed by atoms with van der Waals surface area (Å²) in [5.74, 6) is -0.217. The molecule has 0 aliphatic carbocycles. The van der Waals surface area contributed by atoms with Gasteiger partial charge < -0.3 is 9.80 Å². The van der Waals surface area contributed by atoms with Gasteiger partial charge in [-0.05, 0) is 36.4 Å². The van der Waals surface area contributed by atoms with Crippen molar-refractivity contribution in [3.63, 3.8) is 0 Å². The minimum atomic E-state index is -0.239. The number of benzene rings is 3. The summed E-state index contributed by atoms with van der Waals surface area (Å²) in [5.41, 5.74) is 4.27. The average molecular weight is 411 g/mol. The summed E-state index contributed by atoms with van der Waals surface area (Å²) in [4.78, 5) is 22.4. The van der Waals surface area contributed by atoms with E-state index < -0.39 is 0 Å². The van der Waals surface area contributed by atoms with Gasteiger partial charge in [-0.3, -0.25) is 4.79 Å². The number of nitrogens with zero attached hydrogens (tertiary/aromatic N) is 3. The van der Waals surface area contributed by atoms with Gasteiger partial charge in [-0.2, -0.15) is 0 Å². The van der Waals surface area contributed by atoms with Crippen LogP contribution in [0.1, 0.15) is 10.4 Å². The largest absolute Gasteiger partial charge is 0.368 e. The number of pyridine rings is 1. The molecule has 1 aliphatic rings. The minimum Gasteiger partial charge on any atom is -0.368 e. The third-order valence-electron chi connectivity index (χ3n) is 5.77. The average Bonchev–Trinajstić information content (AvgIpc) is 2.84. The molecule has 0 unspecified atom stereocenters. The monoisotopic (exact) mass is 411 g/mol. The number of carbonyl (C=O) groups is 1. The van der Waals surface area contributed by atoms with Crippen LogP contribution in [0, 0.1) is 5.82 Å². The maximum absolute atomic E-state index is 13.5. The number of para-hydroxylation sites is 1. The van der Waals surface area contributed by atoms with Crippen molar-refractivity contribution in [2.24, 2.45) is 0 Å². The molecule has 0 bridgehead atoms. The molecule has 1 amide bonds. The number of rotatable bonds is 3. The van der Waals surface area contributed by atoms with E-state index in [9.17, 15) is 9.18 Å². The lowest BCUT2D eigenvalue weighted by Gasteiger charge is -2.36. The quantitative estimate of drug-likeness (QED) is 0.476. The molecule has 1 aliphatic heterocycles. The lowest BCUT2D eigenvalue weighted by molar-refractivity contribution is 0.0748.